The van der Waals surface area contributed by atoms with Crippen LogP contribution in [0.5, 0.6) is 0 Å². The lowest BCUT2D eigenvalue weighted by Crippen LogP contribution is -2.39. The first kappa shape index (κ1) is 19.5. The van der Waals surface area contributed by atoms with Crippen LogP contribution < -0.4 is 5.32 Å². The number of nitrogens with one attached hydrogen (secondary N) is 1. The molecule has 0 bridgehead atoms. The van der Waals surface area contributed by atoms with Gasteiger partial charge in [0, 0.05) is 0 Å². The minimum atomic E-state index is -0.752. The van der Waals surface area contributed by atoms with Gasteiger partial charge in [-0.05, 0) is 24.6 Å². The molecule has 28 heavy (non-hydrogen) atoms. The number of halogens is 2. The summed E-state index contributed by atoms with van der Waals surface area (Å²) >= 11 is 5.89. The summed E-state index contributed by atoms with van der Waals surface area (Å²) in [5.74, 6) is -1.71. The van der Waals surface area contributed by atoms with Crippen LogP contribution >= 0.6 is 11.6 Å². The fraction of sp³-hybridized carbons (Fsp3) is 0.200. The van der Waals surface area contributed by atoms with Gasteiger partial charge in [0.2, 0.25) is 0 Å². The number of allylic oxidation sites excluding steroid dienone is 1. The summed E-state index contributed by atoms with van der Waals surface area (Å²) in [4.78, 5) is 30.2. The number of benzene rings is 1. The quantitative estimate of drug-likeness (QED) is 0.454. The first-order chi connectivity index (χ1) is 13.5. The lowest BCUT2D eigenvalue weighted by molar-refractivity contribution is 0.0653. The van der Waals surface area contributed by atoms with Crippen LogP contribution in [0.4, 0.5) is 10.2 Å². The molecule has 8 heteroatoms. The highest BCUT2D eigenvalue weighted by atomic mass is 35.5. The molecular formula is C20H16ClFN4O2. The Bertz CT molecular complexity index is 981. The summed E-state index contributed by atoms with van der Waals surface area (Å²) in [6.07, 6.45) is 4.28. The number of anilines is 1. The molecule has 0 aliphatic carbocycles. The SMILES string of the molecule is CC/C=C/[C@H](CN1C(=O)c2ccccc2C1=O)Nc1nc(Cl)c(C#N)cc1F. The Balaban J connectivity index is 1.86. The average molecular weight is 399 g/mol. The van der Waals surface area contributed by atoms with Crippen molar-refractivity contribution < 1.29 is 14.0 Å². The number of nitrogens with zero attached hydrogens (tertiary/aromatic N) is 3. The van der Waals surface area contributed by atoms with Crippen LogP contribution in [0.1, 0.15) is 39.6 Å². The van der Waals surface area contributed by atoms with Crippen LogP contribution in [0, 0.1) is 17.1 Å². The van der Waals surface area contributed by atoms with Crippen LogP contribution in [0.3, 0.4) is 0 Å². The van der Waals surface area contributed by atoms with Crippen molar-refractivity contribution in [3.8, 4) is 6.07 Å². The Labute approximate surface area is 166 Å². The van der Waals surface area contributed by atoms with Gasteiger partial charge in [0.05, 0.1) is 29.3 Å². The Morgan fingerprint density at radius 2 is 1.96 bits per heavy atom. The Kier molecular flexibility index (Phi) is 5.71. The van der Waals surface area contributed by atoms with Crippen LogP contribution in [0.15, 0.2) is 42.5 Å². The van der Waals surface area contributed by atoms with Gasteiger partial charge in [0.25, 0.3) is 11.8 Å². The molecule has 0 spiro atoms. The van der Waals surface area contributed by atoms with Gasteiger partial charge in [-0.25, -0.2) is 9.37 Å². The number of pyridine rings is 1. The van der Waals surface area contributed by atoms with Gasteiger partial charge in [-0.3, -0.25) is 14.5 Å². The Hall–Kier alpha value is -3.24. The first-order valence-corrected chi connectivity index (χ1v) is 8.98. The smallest absolute Gasteiger partial charge is 0.261 e. The maximum absolute atomic E-state index is 14.3. The van der Waals surface area contributed by atoms with Gasteiger partial charge < -0.3 is 5.32 Å². The summed E-state index contributed by atoms with van der Waals surface area (Å²) in [5, 5.41) is 11.6. The van der Waals surface area contributed by atoms with E-state index in [1.807, 2.05) is 13.0 Å². The van der Waals surface area contributed by atoms with E-state index in [0.717, 1.165) is 11.0 Å². The molecule has 1 N–H and O–H groups in total. The molecule has 6 nitrogen and oxygen atoms in total. The minimum absolute atomic E-state index is 0.0123. The predicted molar refractivity (Wildman–Crippen MR) is 103 cm³/mol. The molecule has 1 aromatic heterocycles. The number of nitriles is 1. The van der Waals surface area contributed by atoms with E-state index < -0.39 is 23.7 Å². The minimum Gasteiger partial charge on any atom is -0.360 e. The van der Waals surface area contributed by atoms with Gasteiger partial charge in [-0.2, -0.15) is 5.26 Å². The molecule has 142 valence electrons. The van der Waals surface area contributed by atoms with E-state index in [1.54, 1.807) is 36.4 Å². The van der Waals surface area contributed by atoms with E-state index in [0.29, 0.717) is 17.5 Å². The van der Waals surface area contributed by atoms with Crippen molar-refractivity contribution in [3.05, 3.63) is 70.1 Å². The number of hydrogen-bond acceptors (Lipinski definition) is 5. The van der Waals surface area contributed by atoms with E-state index in [4.69, 9.17) is 16.9 Å². The summed E-state index contributed by atoms with van der Waals surface area (Å²) in [6.45, 7) is 1.91. The highest BCUT2D eigenvalue weighted by Crippen LogP contribution is 2.24. The molecule has 1 aromatic carbocycles. The molecule has 0 unspecified atom stereocenters. The molecule has 1 aliphatic rings. The summed E-state index contributed by atoms with van der Waals surface area (Å²) in [6, 6.07) is 8.74. The molecule has 0 fully saturated rings. The largest absolute Gasteiger partial charge is 0.360 e. The fourth-order valence-corrected chi connectivity index (χ4v) is 3.06. The average Bonchev–Trinajstić information content (AvgIpc) is 2.93. The van der Waals surface area contributed by atoms with Crippen molar-refractivity contribution in [3.63, 3.8) is 0 Å². The molecule has 2 aromatic rings. The van der Waals surface area contributed by atoms with E-state index in [1.165, 1.54) is 0 Å². The van der Waals surface area contributed by atoms with Crippen molar-refractivity contribution in [2.45, 2.75) is 19.4 Å². The monoisotopic (exact) mass is 398 g/mol. The van der Waals surface area contributed by atoms with Crippen LogP contribution in [0.2, 0.25) is 5.15 Å². The summed E-state index contributed by atoms with van der Waals surface area (Å²) < 4.78 is 14.3. The van der Waals surface area contributed by atoms with Gasteiger partial charge >= 0.3 is 0 Å². The normalized spacial score (nSPS) is 14.3. The number of carbonyl (C=O) groups is 2. The molecule has 0 saturated heterocycles. The van der Waals surface area contributed by atoms with Gasteiger partial charge in [-0.15, -0.1) is 0 Å². The number of rotatable bonds is 6. The number of carbonyl (C=O) groups excluding carboxylic acids is 2. The van der Waals surface area contributed by atoms with Crippen LogP contribution in [-0.4, -0.2) is 34.3 Å². The van der Waals surface area contributed by atoms with E-state index >= 15 is 0 Å². The number of hydrogen-bond donors (Lipinski definition) is 1. The molecular weight excluding hydrogens is 383 g/mol. The number of fused-ring (bicyclic) bond motifs is 1. The highest BCUT2D eigenvalue weighted by Gasteiger charge is 2.36. The van der Waals surface area contributed by atoms with E-state index in [-0.39, 0.29) is 23.1 Å². The van der Waals surface area contributed by atoms with Gasteiger partial charge in [0.1, 0.15) is 11.2 Å². The van der Waals surface area contributed by atoms with Crippen molar-refractivity contribution in [2.75, 3.05) is 11.9 Å². The van der Waals surface area contributed by atoms with Crippen LogP contribution in [-0.2, 0) is 0 Å². The lowest BCUT2D eigenvalue weighted by Gasteiger charge is -2.22. The first-order valence-electron chi connectivity index (χ1n) is 8.60. The molecule has 0 radical (unpaired) electrons. The van der Waals surface area contributed by atoms with Crippen molar-refractivity contribution in [1.82, 2.24) is 9.88 Å². The second kappa shape index (κ2) is 8.19. The van der Waals surface area contributed by atoms with Gasteiger partial charge in [-0.1, -0.05) is 42.8 Å². The maximum atomic E-state index is 14.3. The van der Waals surface area contributed by atoms with Crippen LogP contribution in [0.25, 0.3) is 0 Å². The standard InChI is InChI=1S/C20H16ClFN4O2/c1-2-3-6-13(24-18-16(22)9-12(10-23)17(21)25-18)11-26-19(27)14-7-4-5-8-15(14)20(26)28/h3-9,13H,2,11H2,1H3,(H,24,25)/b6-3+/t13-/m1/s1. The number of amides is 2. The second-order valence-corrected chi connectivity index (χ2v) is 6.48. The second-order valence-electron chi connectivity index (χ2n) is 6.12. The molecule has 2 heterocycles. The fourth-order valence-electron chi connectivity index (χ4n) is 2.88. The third-order valence-corrected chi connectivity index (χ3v) is 4.52. The van der Waals surface area contributed by atoms with E-state index in [2.05, 4.69) is 10.3 Å². The summed E-state index contributed by atoms with van der Waals surface area (Å²) in [7, 11) is 0. The lowest BCUT2D eigenvalue weighted by atomic mass is 10.1. The molecule has 2 amide bonds. The third-order valence-electron chi connectivity index (χ3n) is 4.23. The maximum Gasteiger partial charge on any atom is 0.261 e. The van der Waals surface area contributed by atoms with Crippen molar-refractivity contribution in [2.24, 2.45) is 0 Å². The zero-order valence-electron chi connectivity index (χ0n) is 14.9. The highest BCUT2D eigenvalue weighted by molar-refractivity contribution is 6.30. The van der Waals surface area contributed by atoms with E-state index in [9.17, 15) is 14.0 Å². The topological polar surface area (TPSA) is 86.1 Å². The Morgan fingerprint density at radius 1 is 1.32 bits per heavy atom. The third kappa shape index (κ3) is 3.73. The zero-order chi connectivity index (χ0) is 20.3. The zero-order valence-corrected chi connectivity index (χ0v) is 15.7. The molecule has 0 saturated carbocycles. The number of aromatic nitrogens is 1. The van der Waals surface area contributed by atoms with Crippen molar-refractivity contribution in [1.29, 1.82) is 5.26 Å². The Morgan fingerprint density at radius 3 is 2.54 bits per heavy atom. The molecule has 3 rings (SSSR count). The van der Waals surface area contributed by atoms with Crippen molar-refractivity contribution >= 4 is 29.2 Å². The predicted octanol–water partition coefficient (Wildman–Crippen LogP) is 3.79. The molecule has 1 aliphatic heterocycles. The number of imide groups is 1. The summed E-state index contributed by atoms with van der Waals surface area (Å²) in [5.41, 5.74) is 0.610. The molecule has 1 atom stereocenters. The van der Waals surface area contributed by atoms with Gasteiger partial charge in [0.15, 0.2) is 11.6 Å².